The van der Waals surface area contributed by atoms with Crippen LogP contribution in [0.4, 0.5) is 11.6 Å². The second-order valence-corrected chi connectivity index (χ2v) is 12.1. The van der Waals surface area contributed by atoms with Crippen LogP contribution in [0.15, 0.2) is 59.2 Å². The Morgan fingerprint density at radius 3 is 2.81 bits per heavy atom. The molecule has 1 fully saturated rings. The van der Waals surface area contributed by atoms with Gasteiger partial charge < -0.3 is 24.8 Å². The molecule has 1 aromatic carbocycles. The number of hydrogen-bond donors (Lipinski definition) is 2. The molecule has 0 unspecified atom stereocenters. The third-order valence-corrected chi connectivity index (χ3v) is 9.57. The zero-order chi connectivity index (χ0) is 29.3. The van der Waals surface area contributed by atoms with Gasteiger partial charge in [0.15, 0.2) is 0 Å². The highest BCUT2D eigenvalue weighted by molar-refractivity contribution is 8.00. The monoisotopic (exact) mass is 602 g/mol. The molecule has 11 heteroatoms. The van der Waals surface area contributed by atoms with E-state index in [9.17, 15) is 10.4 Å². The Hall–Kier alpha value is -3.69. The van der Waals surface area contributed by atoms with Gasteiger partial charge in [0.1, 0.15) is 17.6 Å². The molecular formula is C31H34N6O3S2. The average molecular weight is 603 g/mol. The first-order valence-electron chi connectivity index (χ1n) is 13.9. The summed E-state index contributed by atoms with van der Waals surface area (Å²) in [7, 11) is 1.60. The molecular weight excluding hydrogens is 569 g/mol. The summed E-state index contributed by atoms with van der Waals surface area (Å²) in [6, 6.07) is 13.9. The van der Waals surface area contributed by atoms with Gasteiger partial charge in [0.05, 0.1) is 40.3 Å². The number of methoxy groups -OCH3 is 1. The second-order valence-electron chi connectivity index (χ2n) is 9.99. The minimum Gasteiger partial charge on any atom is -0.495 e. The first-order chi connectivity index (χ1) is 20.6. The number of nitriles is 1. The summed E-state index contributed by atoms with van der Waals surface area (Å²) >= 11 is 3.07. The Morgan fingerprint density at radius 2 is 2.05 bits per heavy atom. The van der Waals surface area contributed by atoms with Crippen molar-refractivity contribution in [3.05, 3.63) is 60.6 Å². The van der Waals surface area contributed by atoms with E-state index >= 15 is 0 Å². The number of benzene rings is 1. The van der Waals surface area contributed by atoms with Crippen LogP contribution in [-0.4, -0.2) is 71.2 Å². The van der Waals surface area contributed by atoms with Crippen LogP contribution in [0.25, 0.3) is 21.7 Å². The Bertz CT molecular complexity index is 1530. The molecule has 42 heavy (non-hydrogen) atoms. The van der Waals surface area contributed by atoms with Gasteiger partial charge in [-0.3, -0.25) is 4.98 Å². The van der Waals surface area contributed by atoms with Gasteiger partial charge in [-0.1, -0.05) is 6.07 Å². The maximum Gasteiger partial charge on any atom is 0.227 e. The number of thioether (sulfide) groups is 1. The largest absolute Gasteiger partial charge is 0.495 e. The van der Waals surface area contributed by atoms with Crippen LogP contribution in [0, 0.1) is 17.2 Å². The highest BCUT2D eigenvalue weighted by Gasteiger charge is 2.23. The van der Waals surface area contributed by atoms with Crippen molar-refractivity contribution in [2.45, 2.75) is 23.5 Å². The van der Waals surface area contributed by atoms with Gasteiger partial charge in [0, 0.05) is 48.4 Å². The highest BCUT2D eigenvalue weighted by atomic mass is 32.2. The van der Waals surface area contributed by atoms with Crippen molar-refractivity contribution in [1.82, 2.24) is 19.9 Å². The minimum atomic E-state index is 0.299. The molecule has 0 saturated carbocycles. The van der Waals surface area contributed by atoms with E-state index in [0.29, 0.717) is 42.1 Å². The Kier molecular flexibility index (Phi) is 10.3. The molecule has 9 nitrogen and oxygen atoms in total. The third kappa shape index (κ3) is 7.20. The van der Waals surface area contributed by atoms with E-state index in [1.807, 2.05) is 42.7 Å². The summed E-state index contributed by atoms with van der Waals surface area (Å²) in [5.74, 6) is 2.31. The normalized spacial score (nSPS) is 14.0. The zero-order valence-corrected chi connectivity index (χ0v) is 25.4. The number of nitrogens with zero attached hydrogens (tertiary/aromatic N) is 5. The lowest BCUT2D eigenvalue weighted by Gasteiger charge is -2.30. The van der Waals surface area contributed by atoms with E-state index in [-0.39, 0.29) is 0 Å². The Labute approximate surface area is 254 Å². The molecule has 2 N–H and O–H groups in total. The number of anilines is 2. The fraction of sp³-hybridized carbons (Fsp3) is 0.355. The molecule has 1 aliphatic heterocycles. The molecule has 4 aromatic rings. The molecule has 0 radical (unpaired) electrons. The standard InChI is InChI=1S/C31H34N6O3S2/c1-39-25-15-22(18-33-19-25)28-26(17-32)30(41-2)42-29(28)27-7-10-34-31(36-27)35-23-5-3-6-24(16-23)40-14-4-11-37-12-8-21(20-38)9-13-37/h3,5-7,10,15-16,18-19,21,38H,4,8-9,11-14,20H2,1-2H3,(H,34,35,36). The molecule has 0 bridgehead atoms. The van der Waals surface area contributed by atoms with Crippen molar-refractivity contribution in [1.29, 1.82) is 5.26 Å². The number of likely N-dealkylation sites (tertiary alicyclic amines) is 1. The molecule has 0 atom stereocenters. The number of rotatable bonds is 12. The summed E-state index contributed by atoms with van der Waals surface area (Å²) in [6.07, 6.45) is 10.1. The van der Waals surface area contributed by atoms with Crippen molar-refractivity contribution in [3.63, 3.8) is 0 Å². The molecule has 4 heterocycles. The molecule has 218 valence electrons. The SMILES string of the molecule is COc1cncc(-c2c(-c3ccnc(Nc4cccc(OCCCN5CCC(CO)CC5)c4)n3)sc(SC)c2C#N)c1. The lowest BCUT2D eigenvalue weighted by Crippen LogP contribution is -2.35. The zero-order valence-electron chi connectivity index (χ0n) is 23.7. The minimum absolute atomic E-state index is 0.299. The number of ether oxygens (including phenoxy) is 2. The molecule has 1 aliphatic rings. The number of nitrogens with one attached hydrogen (secondary N) is 1. The van der Waals surface area contributed by atoms with Gasteiger partial charge in [-0.15, -0.1) is 23.1 Å². The lowest BCUT2D eigenvalue weighted by atomic mass is 9.98. The summed E-state index contributed by atoms with van der Waals surface area (Å²) in [5.41, 5.74) is 3.72. The number of piperidine rings is 1. The van der Waals surface area contributed by atoms with E-state index in [1.54, 1.807) is 25.7 Å². The summed E-state index contributed by atoms with van der Waals surface area (Å²) in [5, 5.41) is 22.7. The Morgan fingerprint density at radius 1 is 1.19 bits per heavy atom. The highest BCUT2D eigenvalue weighted by Crippen LogP contribution is 2.46. The fourth-order valence-corrected chi connectivity index (χ4v) is 6.90. The molecule has 1 saturated heterocycles. The van der Waals surface area contributed by atoms with Crippen LogP contribution in [0.5, 0.6) is 11.5 Å². The number of aliphatic hydroxyl groups excluding tert-OH is 1. The number of pyridine rings is 1. The van der Waals surface area contributed by atoms with E-state index in [4.69, 9.17) is 14.5 Å². The van der Waals surface area contributed by atoms with Gasteiger partial charge in [-0.25, -0.2) is 9.97 Å². The van der Waals surface area contributed by atoms with Crippen LogP contribution < -0.4 is 14.8 Å². The van der Waals surface area contributed by atoms with Crippen molar-refractivity contribution >= 4 is 34.7 Å². The first kappa shape index (κ1) is 29.8. The van der Waals surface area contributed by atoms with Gasteiger partial charge in [-0.05, 0) is 68.8 Å². The smallest absolute Gasteiger partial charge is 0.227 e. The summed E-state index contributed by atoms with van der Waals surface area (Å²) in [4.78, 5) is 16.9. The molecule has 0 amide bonds. The molecule has 5 rings (SSSR count). The molecule has 0 aliphatic carbocycles. The second kappa shape index (κ2) is 14.5. The van der Waals surface area contributed by atoms with Gasteiger partial charge in [0.25, 0.3) is 0 Å². The van der Waals surface area contributed by atoms with Crippen LogP contribution in [0.1, 0.15) is 24.8 Å². The maximum atomic E-state index is 10.0. The number of aromatic nitrogens is 3. The van der Waals surface area contributed by atoms with Crippen LogP contribution in [-0.2, 0) is 0 Å². The quantitative estimate of drug-likeness (QED) is 0.146. The van der Waals surface area contributed by atoms with Crippen LogP contribution >= 0.6 is 23.1 Å². The summed E-state index contributed by atoms with van der Waals surface area (Å²) in [6.45, 7) is 4.02. The van der Waals surface area contributed by atoms with Crippen LogP contribution in [0.3, 0.4) is 0 Å². The fourth-order valence-electron chi connectivity index (χ4n) is 4.99. The molecule has 3 aromatic heterocycles. The first-order valence-corrected chi connectivity index (χ1v) is 15.9. The van der Waals surface area contributed by atoms with Crippen molar-refractivity contribution in [2.24, 2.45) is 5.92 Å². The maximum absolute atomic E-state index is 10.0. The predicted octanol–water partition coefficient (Wildman–Crippen LogP) is 6.09. The van der Waals surface area contributed by atoms with Gasteiger partial charge in [-0.2, -0.15) is 5.26 Å². The van der Waals surface area contributed by atoms with E-state index < -0.39 is 0 Å². The van der Waals surface area contributed by atoms with E-state index in [2.05, 4.69) is 26.3 Å². The predicted molar refractivity (Wildman–Crippen MR) is 168 cm³/mol. The van der Waals surface area contributed by atoms with Crippen molar-refractivity contribution in [2.75, 3.05) is 51.5 Å². The van der Waals surface area contributed by atoms with Gasteiger partial charge in [0.2, 0.25) is 5.95 Å². The van der Waals surface area contributed by atoms with Gasteiger partial charge >= 0.3 is 0 Å². The van der Waals surface area contributed by atoms with E-state index in [0.717, 1.165) is 70.5 Å². The van der Waals surface area contributed by atoms with Crippen molar-refractivity contribution < 1.29 is 14.6 Å². The van der Waals surface area contributed by atoms with Crippen molar-refractivity contribution in [3.8, 4) is 39.3 Å². The molecule has 0 spiro atoms. The number of aliphatic hydroxyl groups is 1. The van der Waals surface area contributed by atoms with Crippen LogP contribution in [0.2, 0.25) is 0 Å². The number of thiophene rings is 1. The average Bonchev–Trinajstić information content (AvgIpc) is 3.43. The van der Waals surface area contributed by atoms with E-state index in [1.165, 1.54) is 23.1 Å². The number of hydrogen-bond acceptors (Lipinski definition) is 11. The third-order valence-electron chi connectivity index (χ3n) is 7.24. The topological polar surface area (TPSA) is 116 Å². The lowest BCUT2D eigenvalue weighted by molar-refractivity contribution is 0.126. The summed E-state index contributed by atoms with van der Waals surface area (Å²) < 4.78 is 12.3. The Balaban J connectivity index is 1.28.